The molecule has 0 saturated carbocycles. The van der Waals surface area contributed by atoms with E-state index in [-0.39, 0.29) is 21.4 Å². The highest BCUT2D eigenvalue weighted by Gasteiger charge is 2.22. The minimum atomic E-state index is -4.07. The van der Waals surface area contributed by atoms with Crippen LogP contribution in [0.1, 0.15) is 45.2 Å². The fourth-order valence-corrected chi connectivity index (χ4v) is 4.88. The second kappa shape index (κ2) is 10.7. The summed E-state index contributed by atoms with van der Waals surface area (Å²) in [6.45, 7) is 6.14. The van der Waals surface area contributed by atoms with Crippen molar-refractivity contribution >= 4 is 44.8 Å². The number of benzene rings is 3. The molecular weight excluding hydrogens is 474 g/mol. The van der Waals surface area contributed by atoms with Crippen LogP contribution in [0.15, 0.2) is 65.6 Å². The molecule has 0 unspecified atom stereocenters. The van der Waals surface area contributed by atoms with E-state index in [0.29, 0.717) is 23.5 Å². The van der Waals surface area contributed by atoms with Crippen LogP contribution in [0.4, 0.5) is 11.4 Å². The van der Waals surface area contributed by atoms with Crippen molar-refractivity contribution in [3.8, 4) is 0 Å². The number of para-hydroxylation sites is 1. The van der Waals surface area contributed by atoms with Gasteiger partial charge in [-0.2, -0.15) is 0 Å². The fourth-order valence-electron chi connectivity index (χ4n) is 3.23. The van der Waals surface area contributed by atoms with Crippen molar-refractivity contribution in [3.63, 3.8) is 0 Å². The standard InChI is InChI=1S/C25H26ClN3O4S/c1-4-14-27-25(31)19-9-5-6-10-22(19)28-24(30)18-12-13-20(26)23(15-18)34(32,33)29-21-11-7-8-16(2)17(21)3/h5-13,15,29H,4,14H2,1-3H3,(H,27,31)(H,28,30). The number of hydrogen-bond donors (Lipinski definition) is 3. The highest BCUT2D eigenvalue weighted by atomic mass is 35.5. The molecule has 0 aliphatic heterocycles. The van der Waals surface area contributed by atoms with Gasteiger partial charge in [-0.05, 0) is 67.8 Å². The maximum Gasteiger partial charge on any atom is 0.263 e. The molecule has 0 saturated heterocycles. The first-order valence-corrected chi connectivity index (χ1v) is 12.6. The Morgan fingerprint density at radius 3 is 2.35 bits per heavy atom. The van der Waals surface area contributed by atoms with Crippen LogP contribution in [0.5, 0.6) is 0 Å². The van der Waals surface area contributed by atoms with E-state index in [0.717, 1.165) is 17.5 Å². The molecule has 178 valence electrons. The van der Waals surface area contributed by atoms with E-state index in [9.17, 15) is 18.0 Å². The molecule has 0 aromatic heterocycles. The van der Waals surface area contributed by atoms with Gasteiger partial charge in [0, 0.05) is 12.1 Å². The van der Waals surface area contributed by atoms with Crippen molar-refractivity contribution in [1.82, 2.24) is 5.32 Å². The third-order valence-electron chi connectivity index (χ3n) is 5.29. The predicted octanol–water partition coefficient (Wildman–Crippen LogP) is 5.15. The number of carbonyl (C=O) groups excluding carboxylic acids is 2. The van der Waals surface area contributed by atoms with E-state index in [1.54, 1.807) is 36.4 Å². The zero-order valence-corrected chi connectivity index (χ0v) is 20.7. The first-order valence-electron chi connectivity index (χ1n) is 10.7. The first-order chi connectivity index (χ1) is 16.1. The summed E-state index contributed by atoms with van der Waals surface area (Å²) in [7, 11) is -4.07. The molecule has 9 heteroatoms. The minimum Gasteiger partial charge on any atom is -0.352 e. The third-order valence-corrected chi connectivity index (χ3v) is 7.13. The summed E-state index contributed by atoms with van der Waals surface area (Å²) >= 11 is 6.19. The third kappa shape index (κ3) is 5.76. The highest BCUT2D eigenvalue weighted by molar-refractivity contribution is 7.92. The van der Waals surface area contributed by atoms with Gasteiger partial charge in [0.2, 0.25) is 0 Å². The molecule has 3 rings (SSSR count). The summed E-state index contributed by atoms with van der Waals surface area (Å²) in [5.41, 5.74) is 2.85. The topological polar surface area (TPSA) is 104 Å². The molecule has 0 heterocycles. The molecule has 0 fully saturated rings. The van der Waals surface area contributed by atoms with Crippen molar-refractivity contribution in [2.75, 3.05) is 16.6 Å². The molecule has 3 aromatic carbocycles. The van der Waals surface area contributed by atoms with Crippen LogP contribution < -0.4 is 15.4 Å². The van der Waals surface area contributed by atoms with Gasteiger partial charge < -0.3 is 10.6 Å². The minimum absolute atomic E-state index is 0.0197. The molecule has 0 atom stereocenters. The van der Waals surface area contributed by atoms with E-state index >= 15 is 0 Å². The molecule has 0 bridgehead atoms. The van der Waals surface area contributed by atoms with Gasteiger partial charge in [0.05, 0.1) is 22.0 Å². The lowest BCUT2D eigenvalue weighted by atomic mass is 10.1. The zero-order valence-electron chi connectivity index (χ0n) is 19.1. The molecule has 0 radical (unpaired) electrons. The summed E-state index contributed by atoms with van der Waals surface area (Å²) in [5.74, 6) is -0.884. The largest absolute Gasteiger partial charge is 0.352 e. The SMILES string of the molecule is CCCNC(=O)c1ccccc1NC(=O)c1ccc(Cl)c(S(=O)(=O)Nc2cccc(C)c2C)c1. The highest BCUT2D eigenvalue weighted by Crippen LogP contribution is 2.28. The Kier molecular flexibility index (Phi) is 7.96. The van der Waals surface area contributed by atoms with Crippen molar-refractivity contribution in [3.05, 3.63) is 87.9 Å². The van der Waals surface area contributed by atoms with Crippen molar-refractivity contribution in [2.24, 2.45) is 0 Å². The quantitative estimate of drug-likeness (QED) is 0.398. The Morgan fingerprint density at radius 1 is 0.912 bits per heavy atom. The number of carbonyl (C=O) groups is 2. The lowest BCUT2D eigenvalue weighted by Gasteiger charge is -2.14. The normalized spacial score (nSPS) is 11.1. The van der Waals surface area contributed by atoms with E-state index < -0.39 is 15.9 Å². The maximum absolute atomic E-state index is 13.1. The summed E-state index contributed by atoms with van der Waals surface area (Å²) in [5, 5.41) is 5.45. The van der Waals surface area contributed by atoms with E-state index in [2.05, 4.69) is 15.4 Å². The van der Waals surface area contributed by atoms with E-state index in [4.69, 9.17) is 11.6 Å². The van der Waals surface area contributed by atoms with Crippen LogP contribution in [0, 0.1) is 13.8 Å². The lowest BCUT2D eigenvalue weighted by molar-refractivity contribution is 0.0954. The number of aryl methyl sites for hydroxylation is 1. The number of sulfonamides is 1. The number of halogens is 1. The van der Waals surface area contributed by atoms with Crippen LogP contribution in [0.3, 0.4) is 0 Å². The average Bonchev–Trinajstić information content (AvgIpc) is 2.80. The predicted molar refractivity (Wildman–Crippen MR) is 135 cm³/mol. The van der Waals surface area contributed by atoms with Crippen LogP contribution in [-0.2, 0) is 10.0 Å². The van der Waals surface area contributed by atoms with Gasteiger partial charge in [-0.15, -0.1) is 0 Å². The summed E-state index contributed by atoms with van der Waals surface area (Å²) in [4.78, 5) is 25.2. The number of hydrogen-bond acceptors (Lipinski definition) is 4. The van der Waals surface area contributed by atoms with E-state index in [1.165, 1.54) is 18.2 Å². The Labute approximate surface area is 204 Å². The summed E-state index contributed by atoms with van der Waals surface area (Å²) in [6.07, 6.45) is 0.776. The lowest BCUT2D eigenvalue weighted by Crippen LogP contribution is -2.25. The molecule has 34 heavy (non-hydrogen) atoms. The van der Waals surface area contributed by atoms with Gasteiger partial charge in [-0.3, -0.25) is 14.3 Å². The Bertz CT molecular complexity index is 1340. The van der Waals surface area contributed by atoms with Crippen LogP contribution in [0.2, 0.25) is 5.02 Å². The maximum atomic E-state index is 13.1. The Morgan fingerprint density at radius 2 is 1.62 bits per heavy atom. The van der Waals surface area contributed by atoms with Gasteiger partial charge in [-0.1, -0.05) is 42.8 Å². The second-order valence-corrected chi connectivity index (χ2v) is 9.81. The van der Waals surface area contributed by atoms with Gasteiger partial charge in [0.1, 0.15) is 4.90 Å². The molecule has 3 N–H and O–H groups in total. The van der Waals surface area contributed by atoms with Gasteiger partial charge in [0.15, 0.2) is 0 Å². The molecule has 0 aliphatic rings. The monoisotopic (exact) mass is 499 g/mol. The molecule has 3 aromatic rings. The smallest absolute Gasteiger partial charge is 0.263 e. The molecule has 0 spiro atoms. The van der Waals surface area contributed by atoms with Crippen molar-refractivity contribution in [1.29, 1.82) is 0 Å². The van der Waals surface area contributed by atoms with Crippen LogP contribution in [-0.4, -0.2) is 26.8 Å². The van der Waals surface area contributed by atoms with E-state index in [1.807, 2.05) is 26.8 Å². The molecular formula is C25H26ClN3O4S. The van der Waals surface area contributed by atoms with Crippen molar-refractivity contribution in [2.45, 2.75) is 32.1 Å². The zero-order chi connectivity index (χ0) is 24.9. The van der Waals surface area contributed by atoms with Gasteiger partial charge in [-0.25, -0.2) is 8.42 Å². The second-order valence-electron chi connectivity index (χ2n) is 7.75. The molecule has 0 aliphatic carbocycles. The Hall–Kier alpha value is -3.36. The average molecular weight is 500 g/mol. The van der Waals surface area contributed by atoms with Crippen LogP contribution >= 0.6 is 11.6 Å². The van der Waals surface area contributed by atoms with Crippen molar-refractivity contribution < 1.29 is 18.0 Å². The Balaban J connectivity index is 1.89. The first kappa shape index (κ1) is 25.3. The van der Waals surface area contributed by atoms with Gasteiger partial charge >= 0.3 is 0 Å². The van der Waals surface area contributed by atoms with Gasteiger partial charge in [0.25, 0.3) is 21.8 Å². The summed E-state index contributed by atoms with van der Waals surface area (Å²) in [6, 6.07) is 15.9. The number of rotatable bonds is 8. The molecule has 2 amide bonds. The van der Waals surface area contributed by atoms with Crippen LogP contribution in [0.25, 0.3) is 0 Å². The fraction of sp³-hybridized carbons (Fsp3) is 0.200. The number of amides is 2. The molecule has 7 nitrogen and oxygen atoms in total. The number of nitrogens with one attached hydrogen (secondary N) is 3. The number of anilines is 2. The summed E-state index contributed by atoms with van der Waals surface area (Å²) < 4.78 is 28.7.